The van der Waals surface area contributed by atoms with E-state index in [9.17, 15) is 9.90 Å². The van der Waals surface area contributed by atoms with Crippen LogP contribution >= 0.6 is 0 Å². The first kappa shape index (κ1) is 17.3. The Morgan fingerprint density at radius 1 is 1.11 bits per heavy atom. The smallest absolute Gasteiger partial charge is 0.335 e. The van der Waals surface area contributed by atoms with Crippen molar-refractivity contribution in [2.24, 2.45) is 0 Å². The number of aromatic nitrogens is 1. The number of hydrogen-bond donors (Lipinski definition) is 2. The summed E-state index contributed by atoms with van der Waals surface area (Å²) in [5.74, 6) is -0.952. The van der Waals surface area contributed by atoms with Crippen LogP contribution in [-0.2, 0) is 4.74 Å². The number of nitrogens with one attached hydrogen (secondary N) is 1. The first-order chi connectivity index (χ1) is 13.1. The Hall–Kier alpha value is -3.12. The Morgan fingerprint density at radius 3 is 2.67 bits per heavy atom. The Morgan fingerprint density at radius 2 is 1.89 bits per heavy atom. The number of morpholine rings is 1. The lowest BCUT2D eigenvalue weighted by atomic mass is 10.1. The monoisotopic (exact) mass is 363 g/mol. The van der Waals surface area contributed by atoms with Gasteiger partial charge in [-0.3, -0.25) is 4.98 Å². The molecule has 1 aliphatic heterocycles. The summed E-state index contributed by atoms with van der Waals surface area (Å²) < 4.78 is 5.46. The van der Waals surface area contributed by atoms with Crippen molar-refractivity contribution in [1.29, 1.82) is 0 Å². The molecule has 0 atom stereocenters. The average molecular weight is 363 g/mol. The zero-order chi connectivity index (χ0) is 18.8. The van der Waals surface area contributed by atoms with Gasteiger partial charge < -0.3 is 20.1 Å². The molecule has 1 aromatic heterocycles. The van der Waals surface area contributed by atoms with Crippen LogP contribution in [0.1, 0.15) is 16.1 Å². The summed E-state index contributed by atoms with van der Waals surface area (Å²) in [6.45, 7) is 5.08. The van der Waals surface area contributed by atoms with E-state index in [1.54, 1.807) is 12.1 Å². The minimum atomic E-state index is -0.952. The standard InChI is InChI=1S/C21H21N3O3/c1-14-12-18(16-7-6-15(21(25)26)13-19(16)22-14)23-17-4-2-3-5-20(17)24-8-10-27-11-9-24/h2-7,12-13H,8-11H2,1H3,(H,22,23)(H,25,26). The number of anilines is 3. The van der Waals surface area contributed by atoms with Crippen LogP contribution < -0.4 is 10.2 Å². The van der Waals surface area contributed by atoms with Crippen molar-refractivity contribution >= 4 is 33.9 Å². The number of fused-ring (bicyclic) bond motifs is 1. The molecule has 0 amide bonds. The van der Waals surface area contributed by atoms with Gasteiger partial charge in [0.15, 0.2) is 0 Å². The molecule has 6 heteroatoms. The van der Waals surface area contributed by atoms with E-state index in [4.69, 9.17) is 4.74 Å². The quantitative estimate of drug-likeness (QED) is 0.734. The molecular formula is C21H21N3O3. The molecule has 2 N–H and O–H groups in total. The van der Waals surface area contributed by atoms with Crippen molar-refractivity contribution in [3.8, 4) is 0 Å². The Kier molecular flexibility index (Phi) is 4.64. The van der Waals surface area contributed by atoms with Gasteiger partial charge in [0.25, 0.3) is 0 Å². The fourth-order valence-corrected chi connectivity index (χ4v) is 3.40. The Bertz CT molecular complexity index is 997. The van der Waals surface area contributed by atoms with Crippen LogP contribution in [0, 0.1) is 6.92 Å². The fraction of sp³-hybridized carbons (Fsp3) is 0.238. The molecule has 0 unspecified atom stereocenters. The van der Waals surface area contributed by atoms with Gasteiger partial charge in [-0.15, -0.1) is 0 Å². The van der Waals surface area contributed by atoms with Crippen molar-refractivity contribution in [2.75, 3.05) is 36.5 Å². The lowest BCUT2D eigenvalue weighted by Crippen LogP contribution is -2.36. The van der Waals surface area contributed by atoms with Gasteiger partial charge in [0.2, 0.25) is 0 Å². The summed E-state index contributed by atoms with van der Waals surface area (Å²) in [7, 11) is 0. The SMILES string of the molecule is Cc1cc(Nc2ccccc2N2CCOCC2)c2ccc(C(=O)O)cc2n1. The van der Waals surface area contributed by atoms with E-state index >= 15 is 0 Å². The molecule has 0 spiro atoms. The number of aromatic carboxylic acids is 1. The van der Waals surface area contributed by atoms with E-state index < -0.39 is 5.97 Å². The number of rotatable bonds is 4. The lowest BCUT2D eigenvalue weighted by molar-refractivity contribution is 0.0697. The van der Waals surface area contributed by atoms with Gasteiger partial charge >= 0.3 is 5.97 Å². The number of para-hydroxylation sites is 2. The second-order valence-electron chi connectivity index (χ2n) is 6.59. The molecule has 1 aliphatic rings. The van der Waals surface area contributed by atoms with Gasteiger partial charge in [0.05, 0.1) is 35.7 Å². The van der Waals surface area contributed by atoms with E-state index in [2.05, 4.69) is 27.3 Å². The minimum Gasteiger partial charge on any atom is -0.478 e. The van der Waals surface area contributed by atoms with E-state index in [1.165, 1.54) is 0 Å². The van der Waals surface area contributed by atoms with E-state index in [0.717, 1.165) is 54.4 Å². The first-order valence-corrected chi connectivity index (χ1v) is 8.95. The molecule has 138 valence electrons. The number of carbonyl (C=O) groups is 1. The summed E-state index contributed by atoms with van der Waals surface area (Å²) in [5, 5.41) is 13.7. The second-order valence-corrected chi connectivity index (χ2v) is 6.59. The molecule has 1 fully saturated rings. The molecule has 0 aliphatic carbocycles. The molecule has 2 heterocycles. The summed E-state index contributed by atoms with van der Waals surface area (Å²) in [5.41, 5.74) is 4.78. The number of nitrogens with zero attached hydrogens (tertiary/aromatic N) is 2. The van der Waals surface area contributed by atoms with E-state index in [1.807, 2.05) is 31.2 Å². The molecule has 2 aromatic carbocycles. The molecule has 0 bridgehead atoms. The highest BCUT2D eigenvalue weighted by Crippen LogP contribution is 2.32. The van der Waals surface area contributed by atoms with Crippen LogP contribution in [0.5, 0.6) is 0 Å². The number of ether oxygens (including phenoxy) is 1. The second kappa shape index (κ2) is 7.25. The highest BCUT2D eigenvalue weighted by molar-refractivity contribution is 5.99. The van der Waals surface area contributed by atoms with Crippen LogP contribution in [0.15, 0.2) is 48.5 Å². The van der Waals surface area contributed by atoms with Gasteiger partial charge in [-0.2, -0.15) is 0 Å². The summed E-state index contributed by atoms with van der Waals surface area (Å²) in [4.78, 5) is 18.1. The molecule has 1 saturated heterocycles. The van der Waals surface area contributed by atoms with Crippen molar-refractivity contribution in [1.82, 2.24) is 4.98 Å². The fourth-order valence-electron chi connectivity index (χ4n) is 3.40. The van der Waals surface area contributed by atoms with Gasteiger partial charge in [0.1, 0.15) is 0 Å². The molecular weight excluding hydrogens is 342 g/mol. The molecule has 4 rings (SSSR count). The number of benzene rings is 2. The minimum absolute atomic E-state index is 0.236. The molecule has 3 aromatic rings. The van der Waals surface area contributed by atoms with Crippen LogP contribution in [0.4, 0.5) is 17.1 Å². The maximum absolute atomic E-state index is 11.3. The van der Waals surface area contributed by atoms with Crippen LogP contribution in [0.3, 0.4) is 0 Å². The largest absolute Gasteiger partial charge is 0.478 e. The van der Waals surface area contributed by atoms with Gasteiger partial charge in [-0.05, 0) is 43.3 Å². The van der Waals surface area contributed by atoms with Gasteiger partial charge in [0, 0.05) is 29.9 Å². The zero-order valence-corrected chi connectivity index (χ0v) is 15.1. The van der Waals surface area contributed by atoms with Crippen molar-refractivity contribution in [2.45, 2.75) is 6.92 Å². The van der Waals surface area contributed by atoms with Crippen molar-refractivity contribution < 1.29 is 14.6 Å². The maximum atomic E-state index is 11.3. The topological polar surface area (TPSA) is 74.7 Å². The Labute approximate surface area is 157 Å². The summed E-state index contributed by atoms with van der Waals surface area (Å²) in [6.07, 6.45) is 0. The van der Waals surface area contributed by atoms with E-state index in [-0.39, 0.29) is 5.56 Å². The zero-order valence-electron chi connectivity index (χ0n) is 15.1. The van der Waals surface area contributed by atoms with Crippen LogP contribution in [0.25, 0.3) is 10.9 Å². The first-order valence-electron chi connectivity index (χ1n) is 8.95. The van der Waals surface area contributed by atoms with Crippen LogP contribution in [0.2, 0.25) is 0 Å². The number of pyridine rings is 1. The third-order valence-electron chi connectivity index (χ3n) is 4.71. The Balaban J connectivity index is 1.75. The highest BCUT2D eigenvalue weighted by Gasteiger charge is 2.16. The van der Waals surface area contributed by atoms with Crippen molar-refractivity contribution in [3.63, 3.8) is 0 Å². The number of carboxylic acid groups (broad SMARTS) is 1. The molecule has 27 heavy (non-hydrogen) atoms. The molecule has 6 nitrogen and oxygen atoms in total. The predicted octanol–water partition coefficient (Wildman–Crippen LogP) is 3.82. The number of aryl methyl sites for hydroxylation is 1. The number of hydrogen-bond acceptors (Lipinski definition) is 5. The van der Waals surface area contributed by atoms with Crippen molar-refractivity contribution in [3.05, 3.63) is 59.8 Å². The molecule has 0 radical (unpaired) electrons. The lowest BCUT2D eigenvalue weighted by Gasteiger charge is -2.30. The van der Waals surface area contributed by atoms with Crippen LogP contribution in [-0.4, -0.2) is 42.4 Å². The number of carboxylic acids is 1. The third-order valence-corrected chi connectivity index (χ3v) is 4.71. The van der Waals surface area contributed by atoms with Gasteiger partial charge in [-0.25, -0.2) is 4.79 Å². The summed E-state index contributed by atoms with van der Waals surface area (Å²) >= 11 is 0. The average Bonchev–Trinajstić information content (AvgIpc) is 2.68. The predicted molar refractivity (Wildman–Crippen MR) is 106 cm³/mol. The van der Waals surface area contributed by atoms with Gasteiger partial charge in [-0.1, -0.05) is 12.1 Å². The highest BCUT2D eigenvalue weighted by atomic mass is 16.5. The maximum Gasteiger partial charge on any atom is 0.335 e. The van der Waals surface area contributed by atoms with E-state index in [0.29, 0.717) is 5.52 Å². The molecule has 0 saturated carbocycles. The summed E-state index contributed by atoms with van der Waals surface area (Å²) in [6, 6.07) is 15.2. The normalized spacial score (nSPS) is 14.3. The third kappa shape index (κ3) is 3.57.